The number of aliphatic carboxylic acids is 1. The van der Waals surface area contributed by atoms with Crippen LogP contribution >= 0.6 is 11.8 Å². The SMILES string of the molecule is CN(c1nnc(SCC(=O)O)n1C1CCCCC1)C1CC1. The summed E-state index contributed by atoms with van der Waals surface area (Å²) in [6.07, 6.45) is 8.48. The summed E-state index contributed by atoms with van der Waals surface area (Å²) in [6, 6.07) is 0.995. The molecule has 0 bridgehead atoms. The zero-order valence-corrected chi connectivity index (χ0v) is 13.2. The van der Waals surface area contributed by atoms with E-state index in [1.807, 2.05) is 0 Å². The van der Waals surface area contributed by atoms with Gasteiger partial charge in [-0.2, -0.15) is 0 Å². The number of thioether (sulfide) groups is 1. The van der Waals surface area contributed by atoms with Crippen LogP contribution in [0.15, 0.2) is 5.16 Å². The number of carboxylic acids is 1. The molecule has 1 N–H and O–H groups in total. The quantitative estimate of drug-likeness (QED) is 0.814. The maximum absolute atomic E-state index is 10.8. The van der Waals surface area contributed by atoms with Crippen LogP contribution in [-0.4, -0.2) is 44.7 Å². The minimum absolute atomic E-state index is 0.0397. The molecule has 1 aromatic rings. The standard InChI is InChI=1S/C14H22N4O2S/c1-17(10-7-8-10)13-15-16-14(21-9-12(19)20)18(13)11-5-3-2-4-6-11/h10-11H,2-9H2,1H3,(H,19,20). The third-order valence-corrected chi connectivity index (χ3v) is 5.25. The Bertz CT molecular complexity index is 509. The molecule has 21 heavy (non-hydrogen) atoms. The number of hydrogen-bond donors (Lipinski definition) is 1. The van der Waals surface area contributed by atoms with Gasteiger partial charge in [0.05, 0.1) is 5.75 Å². The summed E-state index contributed by atoms with van der Waals surface area (Å²) in [5.74, 6) is 0.144. The normalized spacial score (nSPS) is 19.7. The van der Waals surface area contributed by atoms with E-state index < -0.39 is 5.97 Å². The van der Waals surface area contributed by atoms with E-state index in [4.69, 9.17) is 5.11 Å². The van der Waals surface area contributed by atoms with Gasteiger partial charge in [0, 0.05) is 19.1 Å². The second-order valence-electron chi connectivity index (χ2n) is 5.97. The molecule has 0 aliphatic heterocycles. The third-order valence-electron chi connectivity index (χ3n) is 4.32. The van der Waals surface area contributed by atoms with Crippen LogP contribution in [0.5, 0.6) is 0 Å². The fraction of sp³-hybridized carbons (Fsp3) is 0.786. The second kappa shape index (κ2) is 6.25. The number of carboxylic acid groups (broad SMARTS) is 1. The molecule has 2 aliphatic rings. The maximum atomic E-state index is 10.8. The lowest BCUT2D eigenvalue weighted by Gasteiger charge is -2.28. The first-order chi connectivity index (χ1) is 10.2. The average molecular weight is 310 g/mol. The second-order valence-corrected chi connectivity index (χ2v) is 6.91. The van der Waals surface area contributed by atoms with Crippen molar-refractivity contribution >= 4 is 23.7 Å². The maximum Gasteiger partial charge on any atom is 0.313 e. The predicted molar refractivity (Wildman–Crippen MR) is 81.9 cm³/mol. The molecule has 2 aliphatic carbocycles. The molecule has 6 nitrogen and oxygen atoms in total. The Labute approximate surface area is 128 Å². The summed E-state index contributed by atoms with van der Waals surface area (Å²) in [5.41, 5.74) is 0. The topological polar surface area (TPSA) is 71.2 Å². The highest BCUT2D eigenvalue weighted by Gasteiger charge is 2.32. The van der Waals surface area contributed by atoms with Gasteiger partial charge in [-0.15, -0.1) is 10.2 Å². The van der Waals surface area contributed by atoms with E-state index in [0.717, 1.165) is 23.9 Å². The van der Waals surface area contributed by atoms with Crippen LogP contribution in [0.4, 0.5) is 5.95 Å². The van der Waals surface area contributed by atoms with Gasteiger partial charge in [-0.05, 0) is 25.7 Å². The molecule has 116 valence electrons. The monoisotopic (exact) mass is 310 g/mol. The lowest BCUT2D eigenvalue weighted by atomic mass is 9.95. The van der Waals surface area contributed by atoms with Crippen molar-refractivity contribution in [2.24, 2.45) is 0 Å². The molecular formula is C14H22N4O2S. The molecule has 0 unspecified atom stereocenters. The summed E-state index contributed by atoms with van der Waals surface area (Å²) >= 11 is 1.28. The van der Waals surface area contributed by atoms with Crippen molar-refractivity contribution in [3.05, 3.63) is 0 Å². The van der Waals surface area contributed by atoms with Gasteiger partial charge < -0.3 is 10.0 Å². The highest BCUT2D eigenvalue weighted by atomic mass is 32.2. The molecule has 3 rings (SSSR count). The van der Waals surface area contributed by atoms with E-state index >= 15 is 0 Å². The Kier molecular flexibility index (Phi) is 4.37. The first-order valence-electron chi connectivity index (χ1n) is 7.69. The minimum atomic E-state index is -0.810. The Morgan fingerprint density at radius 1 is 1.29 bits per heavy atom. The van der Waals surface area contributed by atoms with E-state index in [1.54, 1.807) is 0 Å². The molecule has 0 atom stereocenters. The first-order valence-corrected chi connectivity index (χ1v) is 8.67. The molecule has 0 radical (unpaired) electrons. The first kappa shape index (κ1) is 14.7. The minimum Gasteiger partial charge on any atom is -0.481 e. The highest BCUT2D eigenvalue weighted by molar-refractivity contribution is 7.99. The zero-order valence-electron chi connectivity index (χ0n) is 12.4. The van der Waals surface area contributed by atoms with Gasteiger partial charge in [-0.1, -0.05) is 31.0 Å². The summed E-state index contributed by atoms with van der Waals surface area (Å²) in [7, 11) is 2.08. The van der Waals surface area contributed by atoms with Crippen molar-refractivity contribution in [2.75, 3.05) is 17.7 Å². The predicted octanol–water partition coefficient (Wildman–Crippen LogP) is 2.56. The van der Waals surface area contributed by atoms with Crippen LogP contribution in [0.25, 0.3) is 0 Å². The molecule has 0 spiro atoms. The van der Waals surface area contributed by atoms with E-state index in [9.17, 15) is 4.79 Å². The summed E-state index contributed by atoms with van der Waals surface area (Å²) < 4.78 is 2.20. The Morgan fingerprint density at radius 2 is 2.00 bits per heavy atom. The lowest BCUT2D eigenvalue weighted by molar-refractivity contribution is -0.133. The number of nitrogens with zero attached hydrogens (tertiary/aromatic N) is 4. The van der Waals surface area contributed by atoms with Crippen molar-refractivity contribution in [3.63, 3.8) is 0 Å². The van der Waals surface area contributed by atoms with Crippen molar-refractivity contribution < 1.29 is 9.90 Å². The number of aromatic nitrogens is 3. The molecular weight excluding hydrogens is 288 g/mol. The Hall–Kier alpha value is -1.24. The fourth-order valence-corrected chi connectivity index (χ4v) is 3.74. The van der Waals surface area contributed by atoms with E-state index in [-0.39, 0.29) is 5.75 Å². The summed E-state index contributed by atoms with van der Waals surface area (Å²) in [5, 5.41) is 18.3. The molecule has 0 saturated heterocycles. The summed E-state index contributed by atoms with van der Waals surface area (Å²) in [4.78, 5) is 13.0. The number of rotatable bonds is 6. The smallest absolute Gasteiger partial charge is 0.313 e. The van der Waals surface area contributed by atoms with Crippen LogP contribution in [-0.2, 0) is 4.79 Å². The Balaban J connectivity index is 1.86. The van der Waals surface area contributed by atoms with E-state index in [2.05, 4.69) is 26.7 Å². The Morgan fingerprint density at radius 3 is 2.62 bits per heavy atom. The van der Waals surface area contributed by atoms with Crippen LogP contribution in [0.3, 0.4) is 0 Å². The van der Waals surface area contributed by atoms with E-state index in [1.165, 1.54) is 43.9 Å². The van der Waals surface area contributed by atoms with Gasteiger partial charge in [0.25, 0.3) is 0 Å². The van der Waals surface area contributed by atoms with Gasteiger partial charge in [0.2, 0.25) is 5.95 Å². The fourth-order valence-electron chi connectivity index (χ4n) is 3.02. The lowest BCUT2D eigenvalue weighted by Crippen LogP contribution is -2.26. The van der Waals surface area contributed by atoms with Gasteiger partial charge in [0.1, 0.15) is 0 Å². The van der Waals surface area contributed by atoms with Crippen LogP contribution in [0, 0.1) is 0 Å². The molecule has 1 heterocycles. The van der Waals surface area contributed by atoms with Crippen molar-refractivity contribution in [2.45, 2.75) is 62.2 Å². The zero-order chi connectivity index (χ0) is 14.8. The van der Waals surface area contributed by atoms with Gasteiger partial charge >= 0.3 is 5.97 Å². The van der Waals surface area contributed by atoms with Crippen molar-refractivity contribution in [1.29, 1.82) is 0 Å². The number of anilines is 1. The van der Waals surface area contributed by atoms with Crippen LogP contribution in [0.2, 0.25) is 0 Å². The molecule has 2 saturated carbocycles. The van der Waals surface area contributed by atoms with Gasteiger partial charge in [-0.25, -0.2) is 0 Å². The largest absolute Gasteiger partial charge is 0.481 e. The molecule has 7 heteroatoms. The van der Waals surface area contributed by atoms with Crippen molar-refractivity contribution in [3.8, 4) is 0 Å². The molecule has 2 fully saturated rings. The molecule has 1 aromatic heterocycles. The summed E-state index contributed by atoms with van der Waals surface area (Å²) in [6.45, 7) is 0. The number of hydrogen-bond acceptors (Lipinski definition) is 5. The molecule has 0 aromatic carbocycles. The highest BCUT2D eigenvalue weighted by Crippen LogP contribution is 2.37. The molecule has 0 amide bonds. The van der Waals surface area contributed by atoms with Crippen molar-refractivity contribution in [1.82, 2.24) is 14.8 Å². The average Bonchev–Trinajstić information content (AvgIpc) is 3.25. The third kappa shape index (κ3) is 3.33. The van der Waals surface area contributed by atoms with Gasteiger partial charge in [0.15, 0.2) is 5.16 Å². The van der Waals surface area contributed by atoms with Crippen LogP contribution < -0.4 is 4.90 Å². The number of carbonyl (C=O) groups is 1. The van der Waals surface area contributed by atoms with E-state index in [0.29, 0.717) is 12.1 Å². The van der Waals surface area contributed by atoms with Crippen LogP contribution in [0.1, 0.15) is 51.0 Å². The van der Waals surface area contributed by atoms with Gasteiger partial charge in [-0.3, -0.25) is 9.36 Å².